The summed E-state index contributed by atoms with van der Waals surface area (Å²) in [6.07, 6.45) is 3.14. The van der Waals surface area contributed by atoms with Crippen molar-refractivity contribution in [3.05, 3.63) is 24.3 Å². The van der Waals surface area contributed by atoms with Crippen molar-refractivity contribution in [2.75, 3.05) is 13.6 Å². The molecule has 2 rings (SSSR count). The first-order chi connectivity index (χ1) is 9.23. The Balaban J connectivity index is 2.39. The third-order valence-electron chi connectivity index (χ3n) is 3.58. The van der Waals surface area contributed by atoms with Gasteiger partial charge >= 0.3 is 0 Å². The molecule has 20 heavy (non-hydrogen) atoms. The maximum atomic E-state index is 12.5. The van der Waals surface area contributed by atoms with E-state index in [1.807, 2.05) is 0 Å². The minimum atomic E-state index is -4.08. The molecule has 6 nitrogen and oxygen atoms in total. The number of hydrogen-bond acceptors (Lipinski definition) is 4. The first kappa shape index (κ1) is 15.4. The molecule has 0 bridgehead atoms. The molecule has 1 aliphatic rings. The van der Waals surface area contributed by atoms with Gasteiger partial charge in [0.05, 0.1) is 0 Å². The van der Waals surface area contributed by atoms with Crippen LogP contribution < -0.4 is 5.14 Å². The molecule has 0 heterocycles. The molecule has 0 aliphatic heterocycles. The highest BCUT2D eigenvalue weighted by Gasteiger charge is 2.30. The topological polar surface area (TPSA) is 97.5 Å². The molecular formula is C12H18N2O4S2. The van der Waals surface area contributed by atoms with Crippen LogP contribution in [0.5, 0.6) is 0 Å². The summed E-state index contributed by atoms with van der Waals surface area (Å²) in [7, 11) is -6.46. The van der Waals surface area contributed by atoms with Crippen molar-refractivity contribution in [2.24, 2.45) is 11.1 Å². The van der Waals surface area contributed by atoms with E-state index >= 15 is 0 Å². The summed E-state index contributed by atoms with van der Waals surface area (Å²) in [6.45, 7) is 0.404. The Kier molecular flexibility index (Phi) is 4.19. The van der Waals surface area contributed by atoms with E-state index in [0.717, 1.165) is 19.3 Å². The molecule has 112 valence electrons. The van der Waals surface area contributed by atoms with Gasteiger partial charge in [-0.1, -0.05) is 18.6 Å². The molecule has 2 N–H and O–H groups in total. The van der Waals surface area contributed by atoms with Gasteiger partial charge in [0.1, 0.15) is 9.79 Å². The molecule has 0 aromatic heterocycles. The Bertz CT molecular complexity index is 694. The summed E-state index contributed by atoms with van der Waals surface area (Å²) in [5.74, 6) is 0.358. The Hall–Kier alpha value is -0.960. The Morgan fingerprint density at radius 3 is 2.15 bits per heavy atom. The van der Waals surface area contributed by atoms with Crippen molar-refractivity contribution >= 4 is 20.0 Å². The maximum Gasteiger partial charge on any atom is 0.244 e. The smallest absolute Gasteiger partial charge is 0.225 e. The van der Waals surface area contributed by atoms with Crippen LogP contribution in [-0.4, -0.2) is 34.7 Å². The van der Waals surface area contributed by atoms with Crippen molar-refractivity contribution in [3.8, 4) is 0 Å². The fourth-order valence-corrected chi connectivity index (χ4v) is 4.80. The summed E-state index contributed by atoms with van der Waals surface area (Å²) in [6, 6.07) is 5.41. The normalized spacial score (nSPS) is 17.1. The van der Waals surface area contributed by atoms with Crippen molar-refractivity contribution in [1.29, 1.82) is 0 Å². The quantitative estimate of drug-likeness (QED) is 0.866. The van der Waals surface area contributed by atoms with E-state index < -0.39 is 20.0 Å². The lowest BCUT2D eigenvalue weighted by atomic mass is 9.86. The zero-order valence-electron chi connectivity index (χ0n) is 11.2. The lowest BCUT2D eigenvalue weighted by Gasteiger charge is -2.29. The van der Waals surface area contributed by atoms with Crippen LogP contribution in [0.15, 0.2) is 34.1 Å². The molecule has 1 aromatic rings. The number of sulfonamides is 2. The van der Waals surface area contributed by atoms with Crippen LogP contribution >= 0.6 is 0 Å². The highest BCUT2D eigenvalue weighted by Crippen LogP contribution is 2.29. The maximum absolute atomic E-state index is 12.5. The van der Waals surface area contributed by atoms with E-state index in [0.29, 0.717) is 12.5 Å². The SMILES string of the molecule is CN(CC1CCC1)S(=O)(=O)c1ccccc1S(N)(=O)=O. The Labute approximate surface area is 119 Å². The molecule has 0 saturated heterocycles. The first-order valence-corrected chi connectivity index (χ1v) is 9.30. The molecule has 0 atom stereocenters. The Morgan fingerprint density at radius 2 is 1.70 bits per heavy atom. The molecule has 0 amide bonds. The number of primary sulfonamides is 1. The van der Waals surface area contributed by atoms with Crippen LogP contribution in [0.1, 0.15) is 19.3 Å². The second-order valence-corrected chi connectivity index (χ2v) is 8.62. The van der Waals surface area contributed by atoms with Gasteiger partial charge in [-0.25, -0.2) is 26.3 Å². The van der Waals surface area contributed by atoms with E-state index in [1.54, 1.807) is 0 Å². The zero-order valence-corrected chi connectivity index (χ0v) is 12.8. The summed E-state index contributed by atoms with van der Waals surface area (Å²) < 4.78 is 49.2. The van der Waals surface area contributed by atoms with Gasteiger partial charge in [0, 0.05) is 13.6 Å². The van der Waals surface area contributed by atoms with Crippen LogP contribution in [0.25, 0.3) is 0 Å². The molecule has 1 saturated carbocycles. The predicted molar refractivity (Wildman–Crippen MR) is 75.0 cm³/mol. The van der Waals surface area contributed by atoms with Gasteiger partial charge in [-0.3, -0.25) is 0 Å². The number of nitrogens with two attached hydrogens (primary N) is 1. The van der Waals surface area contributed by atoms with Crippen LogP contribution in [0, 0.1) is 5.92 Å². The second kappa shape index (κ2) is 5.44. The minimum absolute atomic E-state index is 0.260. The summed E-state index contributed by atoms with van der Waals surface area (Å²) >= 11 is 0. The summed E-state index contributed by atoms with van der Waals surface area (Å²) in [5, 5.41) is 5.08. The number of rotatable bonds is 5. The van der Waals surface area contributed by atoms with Crippen molar-refractivity contribution in [3.63, 3.8) is 0 Å². The average molecular weight is 318 g/mol. The molecule has 8 heteroatoms. The average Bonchev–Trinajstić information content (AvgIpc) is 2.32. The molecule has 1 fully saturated rings. The number of nitrogens with zero attached hydrogens (tertiary/aromatic N) is 1. The molecular weight excluding hydrogens is 300 g/mol. The molecule has 0 unspecified atom stereocenters. The third kappa shape index (κ3) is 3.03. The highest BCUT2D eigenvalue weighted by molar-refractivity contribution is 7.92. The third-order valence-corrected chi connectivity index (χ3v) is 6.56. The van der Waals surface area contributed by atoms with Gasteiger partial charge in [0.15, 0.2) is 0 Å². The van der Waals surface area contributed by atoms with Crippen molar-refractivity contribution < 1.29 is 16.8 Å². The lowest BCUT2D eigenvalue weighted by Crippen LogP contribution is -2.35. The monoisotopic (exact) mass is 318 g/mol. The number of benzene rings is 1. The van der Waals surface area contributed by atoms with Crippen LogP contribution in [0.4, 0.5) is 0 Å². The molecule has 1 aliphatic carbocycles. The van der Waals surface area contributed by atoms with E-state index in [2.05, 4.69) is 0 Å². The fourth-order valence-electron chi connectivity index (χ4n) is 2.20. The fraction of sp³-hybridized carbons (Fsp3) is 0.500. The van der Waals surface area contributed by atoms with Gasteiger partial charge in [-0.2, -0.15) is 0 Å². The minimum Gasteiger partial charge on any atom is -0.225 e. The molecule has 0 spiro atoms. The highest BCUT2D eigenvalue weighted by atomic mass is 32.2. The van der Waals surface area contributed by atoms with Crippen molar-refractivity contribution in [1.82, 2.24) is 4.31 Å². The van der Waals surface area contributed by atoms with Crippen LogP contribution in [0.3, 0.4) is 0 Å². The van der Waals surface area contributed by atoms with Crippen LogP contribution in [0.2, 0.25) is 0 Å². The molecule has 1 aromatic carbocycles. The predicted octanol–water partition coefficient (Wildman–Crippen LogP) is 0.755. The first-order valence-electron chi connectivity index (χ1n) is 6.31. The zero-order chi connectivity index (χ0) is 15.0. The van der Waals surface area contributed by atoms with E-state index in [4.69, 9.17) is 5.14 Å². The largest absolute Gasteiger partial charge is 0.244 e. The van der Waals surface area contributed by atoms with Gasteiger partial charge in [0.2, 0.25) is 20.0 Å². The van der Waals surface area contributed by atoms with Gasteiger partial charge in [-0.05, 0) is 30.9 Å². The lowest BCUT2D eigenvalue weighted by molar-refractivity contribution is 0.262. The van der Waals surface area contributed by atoms with Crippen LogP contribution in [-0.2, 0) is 20.0 Å². The summed E-state index contributed by atoms with van der Waals surface area (Å²) in [5.41, 5.74) is 0. The van der Waals surface area contributed by atoms with E-state index in [1.165, 1.54) is 35.6 Å². The second-order valence-electron chi connectivity index (χ2n) is 5.07. The van der Waals surface area contributed by atoms with Gasteiger partial charge in [-0.15, -0.1) is 0 Å². The molecule has 0 radical (unpaired) electrons. The Morgan fingerprint density at radius 1 is 1.15 bits per heavy atom. The standard InChI is InChI=1S/C12H18N2O4S2/c1-14(9-10-5-4-6-10)20(17,18)12-8-3-2-7-11(12)19(13,15)16/h2-3,7-8,10H,4-6,9H2,1H3,(H2,13,15,16). The van der Waals surface area contributed by atoms with Gasteiger partial charge in [0.25, 0.3) is 0 Å². The number of hydrogen-bond donors (Lipinski definition) is 1. The summed E-state index contributed by atoms with van der Waals surface area (Å²) in [4.78, 5) is -0.621. The van der Waals surface area contributed by atoms with E-state index in [-0.39, 0.29) is 9.79 Å². The van der Waals surface area contributed by atoms with E-state index in [9.17, 15) is 16.8 Å². The van der Waals surface area contributed by atoms with Crippen molar-refractivity contribution in [2.45, 2.75) is 29.1 Å². The van der Waals surface area contributed by atoms with Gasteiger partial charge < -0.3 is 0 Å².